The van der Waals surface area contributed by atoms with Crippen molar-refractivity contribution in [1.82, 2.24) is 4.90 Å². The summed E-state index contributed by atoms with van der Waals surface area (Å²) in [5, 5.41) is 0. The van der Waals surface area contributed by atoms with Gasteiger partial charge in [0.05, 0.1) is 18.8 Å². The maximum atomic E-state index is 12.8. The first-order valence-corrected chi connectivity index (χ1v) is 8.03. The topological polar surface area (TPSA) is 75.9 Å². The Morgan fingerprint density at radius 1 is 1.39 bits per heavy atom. The predicted molar refractivity (Wildman–Crippen MR) is 87.2 cm³/mol. The number of fused-ring (bicyclic) bond motifs is 1. The number of nitrogens with zero attached hydrogens (tertiary/aromatic N) is 2. The Morgan fingerprint density at radius 3 is 2.74 bits per heavy atom. The Hall–Kier alpha value is -2.08. The molecular formula is C17H23N3O3. The lowest BCUT2D eigenvalue weighted by Gasteiger charge is -2.35. The number of carbonyl (C=O) groups is 2. The zero-order valence-corrected chi connectivity index (χ0v) is 13.6. The second-order valence-electron chi connectivity index (χ2n) is 6.47. The van der Waals surface area contributed by atoms with Crippen molar-refractivity contribution in [2.24, 2.45) is 11.7 Å². The summed E-state index contributed by atoms with van der Waals surface area (Å²) in [6.07, 6.45) is 1.67. The van der Waals surface area contributed by atoms with Crippen LogP contribution in [0.5, 0.6) is 5.75 Å². The van der Waals surface area contributed by atoms with E-state index in [1.165, 1.54) is 12.8 Å². The van der Waals surface area contributed by atoms with Gasteiger partial charge in [-0.25, -0.2) is 0 Å². The molecule has 0 radical (unpaired) electrons. The normalized spacial score (nSPS) is 21.5. The molecule has 2 amide bonds. The van der Waals surface area contributed by atoms with Crippen molar-refractivity contribution < 1.29 is 14.3 Å². The number of anilines is 1. The highest BCUT2D eigenvalue weighted by Gasteiger charge is 2.35. The number of rotatable bonds is 5. The van der Waals surface area contributed by atoms with Crippen molar-refractivity contribution in [3.63, 3.8) is 0 Å². The van der Waals surface area contributed by atoms with Crippen LogP contribution in [0.2, 0.25) is 0 Å². The third-order valence-corrected chi connectivity index (χ3v) is 4.78. The number of hydrogen-bond acceptors (Lipinski definition) is 4. The van der Waals surface area contributed by atoms with Gasteiger partial charge in [0.2, 0.25) is 5.91 Å². The van der Waals surface area contributed by atoms with Crippen molar-refractivity contribution in [2.45, 2.75) is 31.9 Å². The zero-order valence-electron chi connectivity index (χ0n) is 13.6. The number of likely N-dealkylation sites (N-methyl/N-ethyl adjacent to an activating group) is 1. The predicted octanol–water partition coefficient (Wildman–Crippen LogP) is 0.996. The Labute approximate surface area is 136 Å². The van der Waals surface area contributed by atoms with Gasteiger partial charge < -0.3 is 15.4 Å². The van der Waals surface area contributed by atoms with Crippen LogP contribution in [0.15, 0.2) is 24.3 Å². The second-order valence-corrected chi connectivity index (χ2v) is 6.47. The minimum absolute atomic E-state index is 0.0398. The van der Waals surface area contributed by atoms with Gasteiger partial charge in [-0.05, 0) is 44.9 Å². The lowest BCUT2D eigenvalue weighted by molar-refractivity contribution is -0.125. The maximum absolute atomic E-state index is 12.8. The van der Waals surface area contributed by atoms with E-state index < -0.39 is 12.0 Å². The van der Waals surface area contributed by atoms with Crippen LogP contribution in [-0.4, -0.2) is 49.0 Å². The fourth-order valence-corrected chi connectivity index (χ4v) is 3.00. The molecule has 2 N–H and O–H groups in total. The van der Waals surface area contributed by atoms with E-state index in [9.17, 15) is 9.59 Å². The highest BCUT2D eigenvalue weighted by molar-refractivity contribution is 5.98. The standard InChI is InChI=1S/C17H23N3O3/c1-11(12-7-8-12)19(2)10-16(21)20-9-15(17(18)22)23-14-6-4-3-5-13(14)20/h3-6,11-12,15H,7-10H2,1-2H3,(H2,18,22). The van der Waals surface area contributed by atoms with E-state index in [2.05, 4.69) is 11.8 Å². The van der Waals surface area contributed by atoms with Crippen LogP contribution in [0.25, 0.3) is 0 Å². The molecule has 23 heavy (non-hydrogen) atoms. The smallest absolute Gasteiger partial charge is 0.260 e. The summed E-state index contributed by atoms with van der Waals surface area (Å²) in [5.74, 6) is 0.621. The van der Waals surface area contributed by atoms with Crippen molar-refractivity contribution in [3.8, 4) is 5.75 Å². The molecule has 2 aliphatic rings. The van der Waals surface area contributed by atoms with Gasteiger partial charge in [-0.2, -0.15) is 0 Å². The largest absolute Gasteiger partial charge is 0.477 e. The maximum Gasteiger partial charge on any atom is 0.260 e. The molecule has 1 heterocycles. The van der Waals surface area contributed by atoms with Gasteiger partial charge in [0.1, 0.15) is 5.75 Å². The summed E-state index contributed by atoms with van der Waals surface area (Å²) in [6.45, 7) is 2.64. The number of hydrogen-bond donors (Lipinski definition) is 1. The lowest BCUT2D eigenvalue weighted by Crippen LogP contribution is -2.52. The molecule has 1 saturated carbocycles. The molecule has 3 rings (SSSR count). The lowest BCUT2D eigenvalue weighted by atomic mass is 10.1. The summed E-state index contributed by atoms with van der Waals surface area (Å²) in [6, 6.07) is 7.63. The SMILES string of the molecule is CC(C1CC1)N(C)CC(=O)N1CC(C(N)=O)Oc2ccccc21. The minimum atomic E-state index is -0.806. The van der Waals surface area contributed by atoms with Crippen LogP contribution in [-0.2, 0) is 9.59 Å². The van der Waals surface area contributed by atoms with Crippen LogP contribution in [0.1, 0.15) is 19.8 Å². The number of primary amides is 1. The summed E-state index contributed by atoms with van der Waals surface area (Å²) >= 11 is 0. The fraction of sp³-hybridized carbons (Fsp3) is 0.529. The highest BCUT2D eigenvalue weighted by Crippen LogP contribution is 2.35. The van der Waals surface area contributed by atoms with E-state index >= 15 is 0 Å². The summed E-state index contributed by atoms with van der Waals surface area (Å²) in [5.41, 5.74) is 6.07. The Balaban J connectivity index is 1.76. The van der Waals surface area contributed by atoms with Gasteiger partial charge in [0, 0.05) is 6.04 Å². The van der Waals surface area contributed by atoms with Crippen LogP contribution in [0.4, 0.5) is 5.69 Å². The number of amides is 2. The molecule has 1 fully saturated rings. The third kappa shape index (κ3) is 3.32. The van der Waals surface area contributed by atoms with Gasteiger partial charge in [0.25, 0.3) is 5.91 Å². The van der Waals surface area contributed by atoms with Crippen molar-refractivity contribution in [2.75, 3.05) is 25.0 Å². The average molecular weight is 317 g/mol. The Bertz CT molecular complexity index is 615. The van der Waals surface area contributed by atoms with Crippen LogP contribution >= 0.6 is 0 Å². The molecule has 1 aromatic carbocycles. The molecule has 1 aliphatic heterocycles. The Morgan fingerprint density at radius 2 is 2.09 bits per heavy atom. The van der Waals surface area contributed by atoms with Gasteiger partial charge in [-0.3, -0.25) is 14.5 Å². The molecule has 0 aromatic heterocycles. The molecule has 1 aromatic rings. The average Bonchev–Trinajstić information content (AvgIpc) is 3.37. The summed E-state index contributed by atoms with van der Waals surface area (Å²) < 4.78 is 5.59. The van der Waals surface area contributed by atoms with Crippen molar-refractivity contribution in [1.29, 1.82) is 0 Å². The molecule has 0 saturated heterocycles. The monoisotopic (exact) mass is 317 g/mol. The van der Waals surface area contributed by atoms with E-state index in [0.717, 1.165) is 0 Å². The molecule has 2 atom stereocenters. The minimum Gasteiger partial charge on any atom is -0.477 e. The first-order valence-electron chi connectivity index (χ1n) is 8.03. The molecule has 124 valence electrons. The second kappa shape index (κ2) is 6.20. The molecule has 2 unspecified atom stereocenters. The van der Waals surface area contributed by atoms with E-state index in [-0.39, 0.29) is 12.5 Å². The highest BCUT2D eigenvalue weighted by atomic mass is 16.5. The van der Waals surface area contributed by atoms with E-state index in [4.69, 9.17) is 10.5 Å². The van der Waals surface area contributed by atoms with Crippen LogP contribution in [0, 0.1) is 5.92 Å². The number of para-hydroxylation sites is 2. The van der Waals surface area contributed by atoms with Crippen molar-refractivity contribution in [3.05, 3.63) is 24.3 Å². The van der Waals surface area contributed by atoms with E-state index in [1.807, 2.05) is 25.2 Å². The van der Waals surface area contributed by atoms with Gasteiger partial charge in [-0.15, -0.1) is 0 Å². The molecule has 6 nitrogen and oxygen atoms in total. The fourth-order valence-electron chi connectivity index (χ4n) is 3.00. The van der Waals surface area contributed by atoms with Gasteiger partial charge in [0.15, 0.2) is 6.10 Å². The summed E-state index contributed by atoms with van der Waals surface area (Å²) in [7, 11) is 1.97. The molecule has 0 bridgehead atoms. The third-order valence-electron chi connectivity index (χ3n) is 4.78. The van der Waals surface area contributed by atoms with Gasteiger partial charge in [-0.1, -0.05) is 12.1 Å². The molecule has 1 aliphatic carbocycles. The number of benzene rings is 1. The zero-order chi connectivity index (χ0) is 16.6. The van der Waals surface area contributed by atoms with Crippen LogP contribution in [0.3, 0.4) is 0 Å². The van der Waals surface area contributed by atoms with E-state index in [1.54, 1.807) is 11.0 Å². The molecule has 6 heteroatoms. The molecule has 0 spiro atoms. The quantitative estimate of drug-likeness (QED) is 0.879. The number of nitrogens with two attached hydrogens (primary N) is 1. The van der Waals surface area contributed by atoms with E-state index in [0.29, 0.717) is 29.9 Å². The first-order chi connectivity index (χ1) is 11.0. The Kier molecular flexibility index (Phi) is 4.26. The van der Waals surface area contributed by atoms with Gasteiger partial charge >= 0.3 is 0 Å². The summed E-state index contributed by atoms with van der Waals surface area (Å²) in [4.78, 5) is 28.0. The van der Waals surface area contributed by atoms with Crippen molar-refractivity contribution >= 4 is 17.5 Å². The number of ether oxygens (including phenoxy) is 1. The number of carbonyl (C=O) groups excluding carboxylic acids is 2. The first kappa shape index (κ1) is 15.8. The molecular weight excluding hydrogens is 294 g/mol. The van der Waals surface area contributed by atoms with Crippen LogP contribution < -0.4 is 15.4 Å².